The van der Waals surface area contributed by atoms with Gasteiger partial charge < -0.3 is 33.9 Å². The predicted octanol–water partition coefficient (Wildman–Crippen LogP) is 4.24. The lowest BCUT2D eigenvalue weighted by Gasteiger charge is -2.20. The van der Waals surface area contributed by atoms with E-state index in [1.54, 1.807) is 24.3 Å². The molecule has 0 unspecified atom stereocenters. The molecule has 0 aromatic heterocycles. The third kappa shape index (κ3) is 6.85. The Morgan fingerprint density at radius 1 is 0.486 bits per heavy atom. The van der Waals surface area contributed by atoms with E-state index >= 15 is 0 Å². The summed E-state index contributed by atoms with van der Waals surface area (Å²) in [6, 6.07) is 16.8. The SMILES string of the molecule is O=C(O)c1ccc(-c2ccc(-c3ccc(C(=O)O)cc3)c3c2OCCOCCOCCOCCO3)cc1. The number of fused-ring (bicyclic) bond motifs is 1. The summed E-state index contributed by atoms with van der Waals surface area (Å²) in [5, 5.41) is 18.6. The Balaban J connectivity index is 1.77. The average molecular weight is 509 g/mol. The average Bonchev–Trinajstić information content (AvgIpc) is 2.92. The lowest BCUT2D eigenvalue weighted by Crippen LogP contribution is -2.13. The molecule has 9 heteroatoms. The van der Waals surface area contributed by atoms with E-state index in [2.05, 4.69) is 0 Å². The van der Waals surface area contributed by atoms with Crippen LogP contribution < -0.4 is 9.47 Å². The van der Waals surface area contributed by atoms with E-state index in [4.69, 9.17) is 23.7 Å². The second kappa shape index (κ2) is 12.9. The molecule has 0 amide bonds. The van der Waals surface area contributed by atoms with Crippen molar-refractivity contribution in [3.8, 4) is 33.8 Å². The molecule has 37 heavy (non-hydrogen) atoms. The van der Waals surface area contributed by atoms with Gasteiger partial charge >= 0.3 is 11.9 Å². The van der Waals surface area contributed by atoms with Crippen LogP contribution in [0.4, 0.5) is 0 Å². The molecule has 0 atom stereocenters. The van der Waals surface area contributed by atoms with E-state index in [0.717, 1.165) is 11.1 Å². The van der Waals surface area contributed by atoms with Gasteiger partial charge in [-0.05, 0) is 47.5 Å². The van der Waals surface area contributed by atoms with Gasteiger partial charge in [-0.25, -0.2) is 9.59 Å². The molecule has 0 fully saturated rings. The fourth-order valence-electron chi connectivity index (χ4n) is 3.84. The highest BCUT2D eigenvalue weighted by Gasteiger charge is 2.20. The molecule has 9 nitrogen and oxygen atoms in total. The first-order chi connectivity index (χ1) is 18.0. The number of carbonyl (C=O) groups is 2. The minimum Gasteiger partial charge on any atom is -0.487 e. The minimum absolute atomic E-state index is 0.177. The summed E-state index contributed by atoms with van der Waals surface area (Å²) in [5.41, 5.74) is 3.28. The predicted molar refractivity (Wildman–Crippen MR) is 135 cm³/mol. The van der Waals surface area contributed by atoms with Crippen molar-refractivity contribution in [2.24, 2.45) is 0 Å². The zero-order chi connectivity index (χ0) is 26.0. The molecule has 1 aliphatic heterocycles. The highest BCUT2D eigenvalue weighted by atomic mass is 16.6. The second-order valence-electron chi connectivity index (χ2n) is 8.12. The highest BCUT2D eigenvalue weighted by Crippen LogP contribution is 2.45. The van der Waals surface area contributed by atoms with Gasteiger partial charge in [-0.15, -0.1) is 0 Å². The maximum Gasteiger partial charge on any atom is 0.335 e. The van der Waals surface area contributed by atoms with Gasteiger partial charge in [0.15, 0.2) is 11.5 Å². The van der Waals surface area contributed by atoms with Crippen molar-refractivity contribution in [2.45, 2.75) is 0 Å². The summed E-state index contributed by atoms with van der Waals surface area (Å²) in [5.74, 6) is -1.08. The quantitative estimate of drug-likeness (QED) is 0.533. The number of carboxylic acids is 2. The molecule has 1 aliphatic rings. The standard InChI is InChI=1S/C28H28O9/c29-27(30)21-5-1-19(2-6-21)23-9-10-24(20-3-7-22(8-4-20)28(31)32)26-25(23)36-17-15-34-13-11-33-12-14-35-16-18-37-26/h1-10H,11-18H2,(H,29,30)(H,31,32). The van der Waals surface area contributed by atoms with Crippen molar-refractivity contribution in [3.63, 3.8) is 0 Å². The Morgan fingerprint density at radius 2 is 0.811 bits per heavy atom. The summed E-state index contributed by atoms with van der Waals surface area (Å²) in [6.45, 7) is 2.89. The van der Waals surface area contributed by atoms with Gasteiger partial charge in [-0.2, -0.15) is 0 Å². The van der Waals surface area contributed by atoms with Crippen LogP contribution in [0, 0.1) is 0 Å². The van der Waals surface area contributed by atoms with E-state index in [9.17, 15) is 19.8 Å². The topological polar surface area (TPSA) is 121 Å². The maximum absolute atomic E-state index is 11.3. The van der Waals surface area contributed by atoms with E-state index in [1.807, 2.05) is 12.1 Å². The maximum atomic E-state index is 11.3. The lowest BCUT2D eigenvalue weighted by atomic mass is 9.96. The van der Waals surface area contributed by atoms with Gasteiger partial charge in [0, 0.05) is 11.1 Å². The van der Waals surface area contributed by atoms with Crippen LogP contribution >= 0.6 is 0 Å². The molecule has 4 rings (SSSR count). The Hall–Kier alpha value is -3.92. The number of rotatable bonds is 4. The molecule has 0 spiro atoms. The summed E-state index contributed by atoms with van der Waals surface area (Å²) in [4.78, 5) is 22.6. The van der Waals surface area contributed by atoms with Crippen LogP contribution in [-0.2, 0) is 14.2 Å². The number of hydrogen-bond acceptors (Lipinski definition) is 7. The van der Waals surface area contributed by atoms with Crippen LogP contribution in [0.25, 0.3) is 22.3 Å². The molecule has 3 aromatic rings. The van der Waals surface area contributed by atoms with E-state index < -0.39 is 11.9 Å². The molecule has 1 heterocycles. The third-order valence-electron chi connectivity index (χ3n) is 5.69. The second-order valence-corrected chi connectivity index (χ2v) is 8.12. The van der Waals surface area contributed by atoms with E-state index in [1.165, 1.54) is 24.3 Å². The fraction of sp³-hybridized carbons (Fsp3) is 0.286. The van der Waals surface area contributed by atoms with Crippen LogP contribution in [-0.4, -0.2) is 75.0 Å². The Bertz CT molecular complexity index is 1110. The van der Waals surface area contributed by atoms with Crippen molar-refractivity contribution in [1.82, 2.24) is 0 Å². The van der Waals surface area contributed by atoms with Crippen molar-refractivity contribution < 1.29 is 43.5 Å². The van der Waals surface area contributed by atoms with Crippen LogP contribution in [0.15, 0.2) is 60.7 Å². The molecular formula is C28H28O9. The Kier molecular flexibility index (Phi) is 9.09. The first-order valence-electron chi connectivity index (χ1n) is 11.9. The number of ether oxygens (including phenoxy) is 5. The monoisotopic (exact) mass is 508 g/mol. The van der Waals surface area contributed by atoms with Gasteiger partial charge in [0.2, 0.25) is 0 Å². The van der Waals surface area contributed by atoms with Gasteiger partial charge in [0.1, 0.15) is 13.2 Å². The first kappa shape index (κ1) is 26.2. The summed E-state index contributed by atoms with van der Waals surface area (Å²) >= 11 is 0. The van der Waals surface area contributed by atoms with Crippen molar-refractivity contribution in [2.75, 3.05) is 52.9 Å². The van der Waals surface area contributed by atoms with Crippen LogP contribution in [0.5, 0.6) is 11.5 Å². The molecule has 2 N–H and O–H groups in total. The zero-order valence-electron chi connectivity index (χ0n) is 20.2. The van der Waals surface area contributed by atoms with Gasteiger partial charge in [0.25, 0.3) is 0 Å². The highest BCUT2D eigenvalue weighted by molar-refractivity contribution is 5.90. The minimum atomic E-state index is -1.01. The largest absolute Gasteiger partial charge is 0.487 e. The van der Waals surface area contributed by atoms with Gasteiger partial charge in [-0.3, -0.25) is 0 Å². The van der Waals surface area contributed by atoms with Crippen molar-refractivity contribution >= 4 is 11.9 Å². The molecule has 0 saturated carbocycles. The molecule has 0 radical (unpaired) electrons. The zero-order valence-corrected chi connectivity index (χ0v) is 20.2. The Morgan fingerprint density at radius 3 is 1.14 bits per heavy atom. The van der Waals surface area contributed by atoms with Crippen LogP contribution in [0.3, 0.4) is 0 Å². The van der Waals surface area contributed by atoms with E-state index in [-0.39, 0.29) is 24.3 Å². The van der Waals surface area contributed by atoms with Gasteiger partial charge in [0.05, 0.1) is 50.8 Å². The normalized spacial score (nSPS) is 15.2. The molecule has 0 saturated heterocycles. The lowest BCUT2D eigenvalue weighted by molar-refractivity contribution is 0.00710. The number of benzene rings is 3. The molecule has 0 bridgehead atoms. The summed E-state index contributed by atoms with van der Waals surface area (Å²) < 4.78 is 29.1. The Labute approximate surface area is 214 Å². The number of carboxylic acid groups (broad SMARTS) is 2. The smallest absolute Gasteiger partial charge is 0.335 e. The third-order valence-corrected chi connectivity index (χ3v) is 5.69. The number of hydrogen-bond donors (Lipinski definition) is 2. The molecular weight excluding hydrogens is 480 g/mol. The van der Waals surface area contributed by atoms with Crippen LogP contribution in [0.1, 0.15) is 20.7 Å². The summed E-state index contributed by atoms with van der Waals surface area (Å²) in [7, 11) is 0. The molecule has 0 aliphatic carbocycles. The van der Waals surface area contributed by atoms with Crippen molar-refractivity contribution in [3.05, 3.63) is 71.8 Å². The van der Waals surface area contributed by atoms with Crippen molar-refractivity contribution in [1.29, 1.82) is 0 Å². The first-order valence-corrected chi connectivity index (χ1v) is 11.9. The van der Waals surface area contributed by atoms with Gasteiger partial charge in [-0.1, -0.05) is 24.3 Å². The van der Waals surface area contributed by atoms with Crippen LogP contribution in [0.2, 0.25) is 0 Å². The summed E-state index contributed by atoms with van der Waals surface area (Å²) in [6.07, 6.45) is 0. The van der Waals surface area contributed by atoms with E-state index in [0.29, 0.717) is 62.3 Å². The fourth-order valence-corrected chi connectivity index (χ4v) is 3.84. The number of aromatic carboxylic acids is 2. The molecule has 194 valence electrons. The molecule has 3 aromatic carbocycles.